The van der Waals surface area contributed by atoms with Crippen molar-refractivity contribution in [2.45, 2.75) is 24.3 Å². The minimum absolute atomic E-state index is 0.131. The molecule has 0 aromatic heterocycles. The SMILES string of the molecule is CC(=O)Oc1cccc(C(=O)N[C@@H](CC[S@](=O)c2ccccc2)C(N)=O)c1. The van der Waals surface area contributed by atoms with E-state index in [1.807, 2.05) is 6.07 Å². The van der Waals surface area contributed by atoms with Gasteiger partial charge in [0.1, 0.15) is 11.8 Å². The van der Waals surface area contributed by atoms with E-state index in [1.54, 1.807) is 30.3 Å². The number of nitrogens with one attached hydrogen (secondary N) is 1. The van der Waals surface area contributed by atoms with Gasteiger partial charge in [0.25, 0.3) is 5.91 Å². The third kappa shape index (κ3) is 6.34. The zero-order valence-electron chi connectivity index (χ0n) is 14.7. The lowest BCUT2D eigenvalue weighted by atomic mass is 10.1. The van der Waals surface area contributed by atoms with Crippen LogP contribution < -0.4 is 15.8 Å². The highest BCUT2D eigenvalue weighted by molar-refractivity contribution is 7.85. The van der Waals surface area contributed by atoms with Gasteiger partial charge in [-0.2, -0.15) is 0 Å². The first-order valence-corrected chi connectivity index (χ1v) is 9.51. The maximum absolute atomic E-state index is 12.4. The number of benzene rings is 2. The molecule has 8 heteroatoms. The molecule has 0 saturated carbocycles. The molecule has 0 saturated heterocycles. The summed E-state index contributed by atoms with van der Waals surface area (Å²) in [5, 5.41) is 2.53. The van der Waals surface area contributed by atoms with Crippen molar-refractivity contribution in [3.63, 3.8) is 0 Å². The lowest BCUT2D eigenvalue weighted by Gasteiger charge is -2.15. The van der Waals surface area contributed by atoms with Crippen LogP contribution in [-0.2, 0) is 20.4 Å². The fraction of sp³-hybridized carbons (Fsp3) is 0.211. The van der Waals surface area contributed by atoms with E-state index in [1.165, 1.54) is 25.1 Å². The smallest absolute Gasteiger partial charge is 0.308 e. The molecule has 7 nitrogen and oxygen atoms in total. The number of rotatable bonds is 8. The highest BCUT2D eigenvalue weighted by Gasteiger charge is 2.20. The van der Waals surface area contributed by atoms with Crippen LogP contribution >= 0.6 is 0 Å². The largest absolute Gasteiger partial charge is 0.427 e. The summed E-state index contributed by atoms with van der Waals surface area (Å²) in [6, 6.07) is 13.8. The summed E-state index contributed by atoms with van der Waals surface area (Å²) in [6.07, 6.45) is 0.131. The van der Waals surface area contributed by atoms with Crippen LogP contribution in [0.1, 0.15) is 23.7 Å². The maximum Gasteiger partial charge on any atom is 0.308 e. The second kappa shape index (κ2) is 9.63. The second-order valence-electron chi connectivity index (χ2n) is 5.70. The molecule has 0 aliphatic rings. The number of hydrogen-bond donors (Lipinski definition) is 2. The summed E-state index contributed by atoms with van der Waals surface area (Å²) in [4.78, 5) is 35.7. The Hall–Kier alpha value is -3.00. The Bertz CT molecular complexity index is 854. The first kappa shape index (κ1) is 20.3. The lowest BCUT2D eigenvalue weighted by Crippen LogP contribution is -2.45. The highest BCUT2D eigenvalue weighted by Crippen LogP contribution is 2.14. The number of carbonyl (C=O) groups excluding carboxylic acids is 3. The lowest BCUT2D eigenvalue weighted by molar-refractivity contribution is -0.131. The molecule has 0 unspecified atom stereocenters. The van der Waals surface area contributed by atoms with Gasteiger partial charge in [-0.15, -0.1) is 0 Å². The van der Waals surface area contributed by atoms with Crippen LogP contribution in [0.5, 0.6) is 5.75 Å². The Kier molecular flexibility index (Phi) is 7.25. The van der Waals surface area contributed by atoms with Crippen LogP contribution in [0.4, 0.5) is 0 Å². The Morgan fingerprint density at radius 3 is 2.44 bits per heavy atom. The van der Waals surface area contributed by atoms with E-state index in [9.17, 15) is 18.6 Å². The standard InChI is InChI=1S/C19H20N2O5S/c1-13(22)26-15-7-5-6-14(12-15)19(24)21-17(18(20)23)10-11-27(25)16-8-3-2-4-9-16/h2-9,12,17H,10-11H2,1H3,(H2,20,23)(H,21,24)/t17-,27-/m0/s1. The minimum Gasteiger partial charge on any atom is -0.427 e. The van der Waals surface area contributed by atoms with E-state index >= 15 is 0 Å². The van der Waals surface area contributed by atoms with Crippen molar-refractivity contribution in [1.29, 1.82) is 0 Å². The van der Waals surface area contributed by atoms with E-state index in [0.717, 1.165) is 0 Å². The van der Waals surface area contributed by atoms with Crippen LogP contribution in [0, 0.1) is 0 Å². The fourth-order valence-electron chi connectivity index (χ4n) is 2.31. The summed E-state index contributed by atoms with van der Waals surface area (Å²) in [5.41, 5.74) is 5.57. The average Bonchev–Trinajstić information content (AvgIpc) is 2.64. The predicted octanol–water partition coefficient (Wildman–Crippen LogP) is 1.39. The molecule has 0 radical (unpaired) electrons. The molecule has 27 heavy (non-hydrogen) atoms. The molecule has 2 aromatic rings. The van der Waals surface area contributed by atoms with Crippen LogP contribution in [0.3, 0.4) is 0 Å². The van der Waals surface area contributed by atoms with Gasteiger partial charge in [0.05, 0.1) is 10.8 Å². The number of ether oxygens (including phenoxy) is 1. The van der Waals surface area contributed by atoms with Crippen molar-refractivity contribution in [1.82, 2.24) is 5.32 Å². The van der Waals surface area contributed by atoms with Crippen LogP contribution in [0.2, 0.25) is 0 Å². The average molecular weight is 388 g/mol. The molecule has 142 valence electrons. The van der Waals surface area contributed by atoms with E-state index in [4.69, 9.17) is 10.5 Å². The number of amides is 2. The van der Waals surface area contributed by atoms with Gasteiger partial charge in [-0.1, -0.05) is 24.3 Å². The Morgan fingerprint density at radius 1 is 1.11 bits per heavy atom. The number of esters is 1. The maximum atomic E-state index is 12.4. The van der Waals surface area contributed by atoms with Gasteiger partial charge in [-0.3, -0.25) is 18.6 Å². The quantitative estimate of drug-likeness (QED) is 0.524. The van der Waals surface area contributed by atoms with E-state index in [-0.39, 0.29) is 23.5 Å². The van der Waals surface area contributed by atoms with E-state index in [2.05, 4.69) is 5.32 Å². The van der Waals surface area contributed by atoms with Gasteiger partial charge in [-0.05, 0) is 36.8 Å². The molecule has 2 rings (SSSR count). The zero-order chi connectivity index (χ0) is 19.8. The van der Waals surface area contributed by atoms with Gasteiger partial charge in [0, 0.05) is 23.1 Å². The monoisotopic (exact) mass is 388 g/mol. The minimum atomic E-state index is -1.31. The van der Waals surface area contributed by atoms with Gasteiger partial charge < -0.3 is 15.8 Å². The highest BCUT2D eigenvalue weighted by atomic mass is 32.2. The van der Waals surface area contributed by atoms with Crippen molar-refractivity contribution in [2.75, 3.05) is 5.75 Å². The van der Waals surface area contributed by atoms with Gasteiger partial charge in [-0.25, -0.2) is 0 Å². The fourth-order valence-corrected chi connectivity index (χ4v) is 3.46. The van der Waals surface area contributed by atoms with Crippen molar-refractivity contribution in [3.8, 4) is 5.75 Å². The molecule has 0 spiro atoms. The third-order valence-corrected chi connectivity index (χ3v) is 5.01. The summed E-state index contributed by atoms with van der Waals surface area (Å²) < 4.78 is 17.2. The van der Waals surface area contributed by atoms with Gasteiger partial charge in [0.2, 0.25) is 5.91 Å². The third-order valence-electron chi connectivity index (χ3n) is 3.60. The first-order chi connectivity index (χ1) is 12.9. The van der Waals surface area contributed by atoms with Gasteiger partial charge >= 0.3 is 5.97 Å². The van der Waals surface area contributed by atoms with E-state index < -0.39 is 34.6 Å². The zero-order valence-corrected chi connectivity index (χ0v) is 15.5. The number of carbonyl (C=O) groups is 3. The normalized spacial score (nSPS) is 12.6. The Morgan fingerprint density at radius 2 is 1.81 bits per heavy atom. The summed E-state index contributed by atoms with van der Waals surface area (Å²) >= 11 is 0. The molecule has 0 aliphatic carbocycles. The van der Waals surface area contributed by atoms with Crippen LogP contribution in [0.15, 0.2) is 59.5 Å². The van der Waals surface area contributed by atoms with Crippen molar-refractivity contribution >= 4 is 28.6 Å². The molecule has 0 aliphatic heterocycles. The molecule has 0 bridgehead atoms. The first-order valence-electron chi connectivity index (χ1n) is 8.19. The van der Waals surface area contributed by atoms with E-state index in [0.29, 0.717) is 4.90 Å². The topological polar surface area (TPSA) is 116 Å². The molecule has 0 fully saturated rings. The summed E-state index contributed by atoms with van der Waals surface area (Å²) in [6.45, 7) is 1.25. The molecular formula is C19H20N2O5S. The molecule has 2 amide bonds. The van der Waals surface area contributed by atoms with Gasteiger partial charge in [0.15, 0.2) is 0 Å². The van der Waals surface area contributed by atoms with Crippen molar-refractivity contribution in [2.24, 2.45) is 5.73 Å². The Balaban J connectivity index is 2.01. The number of hydrogen-bond acceptors (Lipinski definition) is 5. The molecule has 2 aromatic carbocycles. The van der Waals surface area contributed by atoms with Crippen molar-refractivity contribution < 1.29 is 23.3 Å². The molecule has 0 heterocycles. The van der Waals surface area contributed by atoms with Crippen LogP contribution in [-0.4, -0.2) is 33.8 Å². The predicted molar refractivity (Wildman–Crippen MR) is 101 cm³/mol. The second-order valence-corrected chi connectivity index (χ2v) is 7.27. The number of nitrogens with two attached hydrogens (primary N) is 1. The summed E-state index contributed by atoms with van der Waals surface area (Å²) in [7, 11) is -1.31. The van der Waals surface area contributed by atoms with Crippen molar-refractivity contribution in [3.05, 3.63) is 60.2 Å². The molecule has 3 N–H and O–H groups in total. The molecular weight excluding hydrogens is 368 g/mol. The molecule has 2 atom stereocenters. The Labute approximate surface area is 159 Å². The number of primary amides is 1. The summed E-state index contributed by atoms with van der Waals surface area (Å²) in [5.74, 6) is -1.38. The van der Waals surface area contributed by atoms with Crippen LogP contribution in [0.25, 0.3) is 0 Å².